The maximum absolute atomic E-state index is 4.97. The maximum atomic E-state index is 4.97. The van der Waals surface area contributed by atoms with E-state index >= 15 is 0 Å². The van der Waals surface area contributed by atoms with E-state index in [2.05, 4.69) is 11.6 Å². The Labute approximate surface area is 61.4 Å². The molecule has 0 saturated carbocycles. The van der Waals surface area contributed by atoms with E-state index in [0.29, 0.717) is 19.2 Å². The van der Waals surface area contributed by atoms with Gasteiger partial charge in [-0.05, 0) is 6.92 Å². The fourth-order valence-electron chi connectivity index (χ4n) is 0.432. The van der Waals surface area contributed by atoms with Gasteiger partial charge in [0.05, 0.1) is 20.3 Å². The number of methoxy groups -OCH3 is 1. The average Bonchev–Trinajstić information content (AvgIpc) is 1.98. The molecule has 0 aromatic rings. The van der Waals surface area contributed by atoms with Gasteiger partial charge in [0.25, 0.3) is 0 Å². The number of rotatable bonds is 3. The zero-order chi connectivity index (χ0) is 7.82. The third kappa shape index (κ3) is 3.95. The number of hydrogen-bond acceptors (Lipinski definition) is 3. The Bertz CT molecular complexity index is 121. The van der Waals surface area contributed by atoms with E-state index in [4.69, 9.17) is 9.47 Å². The predicted octanol–water partition coefficient (Wildman–Crippen LogP) is 1.21. The van der Waals surface area contributed by atoms with Crippen molar-refractivity contribution in [2.45, 2.75) is 6.92 Å². The summed E-state index contributed by atoms with van der Waals surface area (Å²) in [6, 6.07) is 0. The Hall–Kier alpha value is -0.990. The van der Waals surface area contributed by atoms with Crippen LogP contribution in [0.1, 0.15) is 6.92 Å². The van der Waals surface area contributed by atoms with Crippen LogP contribution in [-0.4, -0.2) is 26.3 Å². The van der Waals surface area contributed by atoms with Crippen molar-refractivity contribution in [3.8, 4) is 0 Å². The molecule has 0 amide bonds. The van der Waals surface area contributed by atoms with Gasteiger partial charge in [-0.2, -0.15) is 0 Å². The molecule has 0 unspecified atom stereocenters. The Morgan fingerprint density at radius 3 is 2.80 bits per heavy atom. The normalized spacial score (nSPS) is 10.8. The van der Waals surface area contributed by atoms with E-state index in [1.807, 2.05) is 6.92 Å². The lowest BCUT2D eigenvalue weighted by atomic mass is 10.6. The summed E-state index contributed by atoms with van der Waals surface area (Å²) in [6.07, 6.45) is 2.00. The SMILES string of the molecule is C=CCN=C(OC)OCC. The second-order valence-corrected chi connectivity index (χ2v) is 1.53. The Morgan fingerprint density at radius 2 is 2.40 bits per heavy atom. The van der Waals surface area contributed by atoms with Gasteiger partial charge in [-0.3, -0.25) is 0 Å². The summed E-state index contributed by atoms with van der Waals surface area (Å²) in [6.45, 7) is 6.49. The summed E-state index contributed by atoms with van der Waals surface area (Å²) in [7, 11) is 1.53. The van der Waals surface area contributed by atoms with Gasteiger partial charge in [0.1, 0.15) is 0 Å². The van der Waals surface area contributed by atoms with E-state index in [9.17, 15) is 0 Å². The fourth-order valence-corrected chi connectivity index (χ4v) is 0.432. The van der Waals surface area contributed by atoms with Gasteiger partial charge in [0.15, 0.2) is 0 Å². The van der Waals surface area contributed by atoms with Gasteiger partial charge in [-0.1, -0.05) is 6.08 Å². The molecule has 0 aliphatic rings. The summed E-state index contributed by atoms with van der Waals surface area (Å²) >= 11 is 0. The lowest BCUT2D eigenvalue weighted by Gasteiger charge is -2.02. The first-order chi connectivity index (χ1) is 4.85. The highest BCUT2D eigenvalue weighted by Crippen LogP contribution is 1.84. The van der Waals surface area contributed by atoms with Crippen LogP contribution < -0.4 is 0 Å². The second kappa shape index (κ2) is 6.13. The van der Waals surface area contributed by atoms with Crippen molar-refractivity contribution in [1.82, 2.24) is 0 Å². The largest absolute Gasteiger partial charge is 0.454 e. The van der Waals surface area contributed by atoms with Gasteiger partial charge in [-0.15, -0.1) is 6.58 Å². The first-order valence-electron chi connectivity index (χ1n) is 3.17. The zero-order valence-corrected chi connectivity index (χ0v) is 6.46. The van der Waals surface area contributed by atoms with Crippen LogP contribution in [0.25, 0.3) is 0 Å². The van der Waals surface area contributed by atoms with Crippen molar-refractivity contribution in [3.63, 3.8) is 0 Å². The molecule has 0 rings (SSSR count). The first-order valence-corrected chi connectivity index (χ1v) is 3.17. The van der Waals surface area contributed by atoms with Crippen molar-refractivity contribution in [2.75, 3.05) is 20.3 Å². The molecule has 0 bridgehead atoms. The Balaban J connectivity index is 3.65. The molecule has 0 fully saturated rings. The first kappa shape index (κ1) is 9.01. The number of nitrogens with zero attached hydrogens (tertiary/aromatic N) is 1. The van der Waals surface area contributed by atoms with Crippen molar-refractivity contribution >= 4 is 6.08 Å². The molecule has 0 N–H and O–H groups in total. The van der Waals surface area contributed by atoms with Gasteiger partial charge in [0.2, 0.25) is 0 Å². The summed E-state index contributed by atoms with van der Waals surface area (Å²) in [5.41, 5.74) is 0. The molecule has 0 atom stereocenters. The van der Waals surface area contributed by atoms with Crippen molar-refractivity contribution in [3.05, 3.63) is 12.7 Å². The molecule has 0 aromatic heterocycles. The summed E-state index contributed by atoms with van der Waals surface area (Å²) < 4.78 is 9.75. The van der Waals surface area contributed by atoms with Crippen LogP contribution in [0.2, 0.25) is 0 Å². The number of hydrogen-bond donors (Lipinski definition) is 0. The van der Waals surface area contributed by atoms with Gasteiger partial charge < -0.3 is 9.47 Å². The molecule has 3 heteroatoms. The van der Waals surface area contributed by atoms with Crippen LogP contribution >= 0.6 is 0 Å². The summed E-state index contributed by atoms with van der Waals surface area (Å²) in [5, 5.41) is 0. The van der Waals surface area contributed by atoms with Gasteiger partial charge in [-0.25, -0.2) is 4.99 Å². The molecule has 0 aliphatic heterocycles. The monoisotopic (exact) mass is 143 g/mol. The Morgan fingerprint density at radius 1 is 1.70 bits per heavy atom. The predicted molar refractivity (Wildman–Crippen MR) is 41.1 cm³/mol. The second-order valence-electron chi connectivity index (χ2n) is 1.53. The molecule has 10 heavy (non-hydrogen) atoms. The maximum Gasteiger partial charge on any atom is 0.383 e. The minimum absolute atomic E-state index is 0.322. The van der Waals surface area contributed by atoms with E-state index in [1.54, 1.807) is 6.08 Å². The molecule has 0 saturated heterocycles. The molecule has 0 heterocycles. The molecule has 0 aliphatic carbocycles. The molecule has 3 nitrogen and oxygen atoms in total. The van der Waals surface area contributed by atoms with Crippen LogP contribution in [0.5, 0.6) is 0 Å². The topological polar surface area (TPSA) is 30.8 Å². The number of aliphatic imine (C=N–C) groups is 1. The molecular formula is C7H13NO2. The lowest BCUT2D eigenvalue weighted by Crippen LogP contribution is -2.07. The van der Waals surface area contributed by atoms with E-state index in [0.717, 1.165) is 0 Å². The minimum Gasteiger partial charge on any atom is -0.454 e. The van der Waals surface area contributed by atoms with Crippen LogP contribution in [-0.2, 0) is 9.47 Å². The standard InChI is InChI=1S/C7H13NO2/c1-4-6-8-7(9-3)10-5-2/h4H,1,5-6H2,2-3H3. The van der Waals surface area contributed by atoms with Crippen LogP contribution in [0.15, 0.2) is 17.6 Å². The third-order valence-electron chi connectivity index (χ3n) is 0.792. The van der Waals surface area contributed by atoms with E-state index in [1.165, 1.54) is 7.11 Å². The van der Waals surface area contributed by atoms with Crippen molar-refractivity contribution < 1.29 is 9.47 Å². The van der Waals surface area contributed by atoms with Gasteiger partial charge in [0, 0.05) is 0 Å². The minimum atomic E-state index is 0.322. The molecule has 0 radical (unpaired) electrons. The molecular weight excluding hydrogens is 130 g/mol. The lowest BCUT2D eigenvalue weighted by molar-refractivity contribution is 0.207. The highest BCUT2D eigenvalue weighted by Gasteiger charge is 1.92. The van der Waals surface area contributed by atoms with E-state index in [-0.39, 0.29) is 0 Å². The third-order valence-corrected chi connectivity index (χ3v) is 0.792. The summed E-state index contributed by atoms with van der Waals surface area (Å²) in [4.78, 5) is 3.90. The van der Waals surface area contributed by atoms with Crippen molar-refractivity contribution in [1.29, 1.82) is 0 Å². The van der Waals surface area contributed by atoms with Crippen LogP contribution in [0.4, 0.5) is 0 Å². The molecule has 0 spiro atoms. The average molecular weight is 143 g/mol. The van der Waals surface area contributed by atoms with Crippen molar-refractivity contribution in [2.24, 2.45) is 4.99 Å². The van der Waals surface area contributed by atoms with Crippen LogP contribution in [0, 0.1) is 0 Å². The molecule has 0 aromatic carbocycles. The Kier molecular flexibility index (Phi) is 5.53. The highest BCUT2D eigenvalue weighted by atomic mass is 16.7. The van der Waals surface area contributed by atoms with Crippen LogP contribution in [0.3, 0.4) is 0 Å². The highest BCUT2D eigenvalue weighted by molar-refractivity contribution is 5.66. The fraction of sp³-hybridized carbons (Fsp3) is 0.571. The quantitative estimate of drug-likeness (QED) is 0.338. The number of ether oxygens (including phenoxy) is 2. The zero-order valence-electron chi connectivity index (χ0n) is 6.46. The molecule has 58 valence electrons. The smallest absolute Gasteiger partial charge is 0.383 e. The van der Waals surface area contributed by atoms with E-state index < -0.39 is 0 Å². The van der Waals surface area contributed by atoms with Gasteiger partial charge >= 0.3 is 6.08 Å². The summed E-state index contributed by atoms with van der Waals surface area (Å²) in [5.74, 6) is 0.